The maximum Gasteiger partial charge on any atom is 0.231 e. The molecule has 9 heteroatoms. The SMILES string of the molecule is N#Cc1ccnc(Nc2cc(C3CC3)cc(-c3cncc(CN4CCN(CC(N)=O)CC4)c3)n2)c1. The van der Waals surface area contributed by atoms with Gasteiger partial charge in [0.05, 0.1) is 23.9 Å². The molecule has 0 unspecified atom stereocenters. The number of carbonyl (C=O) groups is 1. The molecule has 0 atom stereocenters. The zero-order chi connectivity index (χ0) is 24.2. The number of pyridine rings is 3. The third kappa shape index (κ3) is 5.98. The van der Waals surface area contributed by atoms with Crippen LogP contribution in [0.3, 0.4) is 0 Å². The zero-order valence-corrected chi connectivity index (χ0v) is 19.5. The van der Waals surface area contributed by atoms with Crippen molar-refractivity contribution < 1.29 is 4.79 Å². The molecule has 2 aliphatic rings. The van der Waals surface area contributed by atoms with E-state index in [4.69, 9.17) is 10.7 Å². The van der Waals surface area contributed by atoms with E-state index in [0.29, 0.717) is 29.7 Å². The van der Waals surface area contributed by atoms with Gasteiger partial charge >= 0.3 is 0 Å². The van der Waals surface area contributed by atoms with Gasteiger partial charge in [-0.2, -0.15) is 5.26 Å². The fourth-order valence-corrected chi connectivity index (χ4v) is 4.41. The molecule has 5 rings (SSSR count). The average Bonchev–Trinajstić information content (AvgIpc) is 3.71. The second-order valence-electron chi connectivity index (χ2n) is 9.21. The number of aromatic nitrogens is 3. The molecule has 0 spiro atoms. The lowest BCUT2D eigenvalue weighted by Crippen LogP contribution is -2.48. The lowest BCUT2D eigenvalue weighted by molar-refractivity contribution is -0.119. The minimum absolute atomic E-state index is 0.279. The Morgan fingerprint density at radius 2 is 1.89 bits per heavy atom. The second-order valence-corrected chi connectivity index (χ2v) is 9.21. The normalized spacial score (nSPS) is 16.5. The molecule has 35 heavy (non-hydrogen) atoms. The maximum absolute atomic E-state index is 11.2. The van der Waals surface area contributed by atoms with Crippen molar-refractivity contribution in [2.24, 2.45) is 5.73 Å². The number of hydrogen-bond acceptors (Lipinski definition) is 8. The Bertz CT molecular complexity index is 1260. The highest BCUT2D eigenvalue weighted by molar-refractivity contribution is 5.75. The standard InChI is InChI=1S/C26H28N8O/c27-13-18-3-4-30-25(10-18)32-26-12-21(20-1-2-20)11-23(31-26)22-9-19(14-29-15-22)16-33-5-7-34(8-6-33)17-24(28)35/h3-4,9-12,14-15,20H,1-2,5-8,16-17H2,(H2,28,35)(H,30,31,32). The molecule has 3 aromatic rings. The largest absolute Gasteiger partial charge is 0.369 e. The predicted octanol–water partition coefficient (Wildman–Crippen LogP) is 2.63. The van der Waals surface area contributed by atoms with E-state index in [-0.39, 0.29) is 5.91 Å². The summed E-state index contributed by atoms with van der Waals surface area (Å²) in [6, 6.07) is 11.9. The van der Waals surface area contributed by atoms with Gasteiger partial charge in [0.2, 0.25) is 5.91 Å². The van der Waals surface area contributed by atoms with Crippen LogP contribution in [0.1, 0.15) is 35.4 Å². The first-order valence-electron chi connectivity index (χ1n) is 11.9. The lowest BCUT2D eigenvalue weighted by Gasteiger charge is -2.33. The highest BCUT2D eigenvalue weighted by Gasteiger charge is 2.25. The van der Waals surface area contributed by atoms with Crippen LogP contribution in [0.2, 0.25) is 0 Å². The number of nitrogens with zero attached hydrogens (tertiary/aromatic N) is 6. The van der Waals surface area contributed by atoms with Crippen molar-refractivity contribution in [3.63, 3.8) is 0 Å². The average molecular weight is 469 g/mol. The van der Waals surface area contributed by atoms with E-state index in [2.05, 4.69) is 49.4 Å². The van der Waals surface area contributed by atoms with Crippen LogP contribution in [0.4, 0.5) is 11.6 Å². The minimum atomic E-state index is -0.279. The van der Waals surface area contributed by atoms with Crippen LogP contribution in [-0.4, -0.2) is 63.4 Å². The van der Waals surface area contributed by atoms with Gasteiger partial charge in [-0.05, 0) is 60.2 Å². The molecule has 2 fully saturated rings. The summed E-state index contributed by atoms with van der Waals surface area (Å²) in [7, 11) is 0. The maximum atomic E-state index is 11.2. The van der Waals surface area contributed by atoms with Crippen LogP contribution < -0.4 is 11.1 Å². The Balaban J connectivity index is 1.33. The number of anilines is 2. The summed E-state index contributed by atoms with van der Waals surface area (Å²) in [4.78, 5) is 29.3. The van der Waals surface area contributed by atoms with E-state index in [9.17, 15) is 10.1 Å². The molecule has 1 amide bonds. The van der Waals surface area contributed by atoms with Crippen LogP contribution in [0.15, 0.2) is 48.9 Å². The third-order valence-electron chi connectivity index (χ3n) is 6.38. The van der Waals surface area contributed by atoms with Crippen molar-refractivity contribution in [1.82, 2.24) is 24.8 Å². The summed E-state index contributed by atoms with van der Waals surface area (Å²) in [5.74, 6) is 1.59. The predicted molar refractivity (Wildman–Crippen MR) is 133 cm³/mol. The summed E-state index contributed by atoms with van der Waals surface area (Å²) < 4.78 is 0. The first-order valence-corrected chi connectivity index (χ1v) is 11.9. The molecular weight excluding hydrogens is 440 g/mol. The molecule has 1 saturated heterocycles. The molecule has 178 valence electrons. The quantitative estimate of drug-likeness (QED) is 0.517. The van der Waals surface area contributed by atoms with Gasteiger partial charge < -0.3 is 11.1 Å². The summed E-state index contributed by atoms with van der Waals surface area (Å²) >= 11 is 0. The Kier molecular flexibility index (Phi) is 6.66. The number of piperazine rings is 1. The Labute approximate surface area is 204 Å². The molecule has 4 heterocycles. The minimum Gasteiger partial charge on any atom is -0.369 e. The third-order valence-corrected chi connectivity index (χ3v) is 6.38. The monoisotopic (exact) mass is 468 g/mol. The van der Waals surface area contributed by atoms with Crippen molar-refractivity contribution in [3.8, 4) is 17.3 Å². The number of hydrogen-bond donors (Lipinski definition) is 2. The van der Waals surface area contributed by atoms with Crippen LogP contribution >= 0.6 is 0 Å². The van der Waals surface area contributed by atoms with E-state index >= 15 is 0 Å². The molecule has 0 bridgehead atoms. The number of amides is 1. The number of nitriles is 1. The van der Waals surface area contributed by atoms with Crippen LogP contribution in [0.25, 0.3) is 11.3 Å². The highest BCUT2D eigenvalue weighted by Crippen LogP contribution is 2.42. The van der Waals surface area contributed by atoms with Gasteiger partial charge in [-0.3, -0.25) is 19.6 Å². The number of carbonyl (C=O) groups excluding carboxylic acids is 1. The van der Waals surface area contributed by atoms with E-state index < -0.39 is 0 Å². The number of rotatable bonds is 8. The summed E-state index contributed by atoms with van der Waals surface area (Å²) in [6.45, 7) is 4.55. The second kappa shape index (κ2) is 10.2. The number of primary amides is 1. The fourth-order valence-electron chi connectivity index (χ4n) is 4.41. The molecule has 3 N–H and O–H groups in total. The molecule has 9 nitrogen and oxygen atoms in total. The molecule has 1 aliphatic carbocycles. The topological polar surface area (TPSA) is 124 Å². The Morgan fingerprint density at radius 1 is 1.09 bits per heavy atom. The van der Waals surface area contributed by atoms with Crippen molar-refractivity contribution in [3.05, 3.63) is 65.6 Å². The van der Waals surface area contributed by atoms with Gasteiger partial charge in [0.25, 0.3) is 0 Å². The van der Waals surface area contributed by atoms with Crippen LogP contribution in [0, 0.1) is 11.3 Å². The molecule has 0 aromatic carbocycles. The number of nitrogens with two attached hydrogens (primary N) is 1. The zero-order valence-electron chi connectivity index (χ0n) is 19.5. The summed E-state index contributed by atoms with van der Waals surface area (Å²) in [5.41, 5.74) is 10.1. The van der Waals surface area contributed by atoms with E-state index in [0.717, 1.165) is 49.5 Å². The van der Waals surface area contributed by atoms with Crippen molar-refractivity contribution in [1.29, 1.82) is 5.26 Å². The Hall–Kier alpha value is -3.87. The van der Waals surface area contributed by atoms with Gasteiger partial charge in [-0.1, -0.05) is 0 Å². The van der Waals surface area contributed by atoms with E-state index in [1.165, 1.54) is 18.4 Å². The molecular formula is C26H28N8O. The molecule has 0 radical (unpaired) electrons. The van der Waals surface area contributed by atoms with Gasteiger partial charge in [0.15, 0.2) is 0 Å². The van der Waals surface area contributed by atoms with Gasteiger partial charge in [0.1, 0.15) is 11.6 Å². The first kappa shape index (κ1) is 22.9. The summed E-state index contributed by atoms with van der Waals surface area (Å²) in [5, 5.41) is 12.5. The van der Waals surface area contributed by atoms with Crippen molar-refractivity contribution >= 4 is 17.5 Å². The summed E-state index contributed by atoms with van der Waals surface area (Å²) in [6.07, 6.45) is 7.75. The van der Waals surface area contributed by atoms with Crippen molar-refractivity contribution in [2.45, 2.75) is 25.3 Å². The van der Waals surface area contributed by atoms with Crippen molar-refractivity contribution in [2.75, 3.05) is 38.0 Å². The van der Waals surface area contributed by atoms with Gasteiger partial charge in [0, 0.05) is 56.9 Å². The van der Waals surface area contributed by atoms with Gasteiger partial charge in [-0.25, -0.2) is 9.97 Å². The van der Waals surface area contributed by atoms with Crippen LogP contribution in [0.5, 0.6) is 0 Å². The molecule has 1 aliphatic heterocycles. The Morgan fingerprint density at radius 3 is 2.63 bits per heavy atom. The molecule has 1 saturated carbocycles. The smallest absolute Gasteiger partial charge is 0.231 e. The molecule has 3 aromatic heterocycles. The van der Waals surface area contributed by atoms with Crippen LogP contribution in [-0.2, 0) is 11.3 Å². The highest BCUT2D eigenvalue weighted by atomic mass is 16.1. The number of nitrogens with one attached hydrogen (secondary N) is 1. The van der Waals surface area contributed by atoms with Gasteiger partial charge in [-0.15, -0.1) is 0 Å². The fraction of sp³-hybridized carbons (Fsp3) is 0.346. The van der Waals surface area contributed by atoms with E-state index in [1.54, 1.807) is 18.3 Å². The van der Waals surface area contributed by atoms with E-state index in [1.807, 2.05) is 12.4 Å². The first-order chi connectivity index (χ1) is 17.1. The lowest BCUT2D eigenvalue weighted by atomic mass is 10.1.